The second kappa shape index (κ2) is 10.8. The largest absolute Gasteiger partial charge is 0.480 e. The summed E-state index contributed by atoms with van der Waals surface area (Å²) in [6.45, 7) is 0. The van der Waals surface area contributed by atoms with Crippen molar-refractivity contribution >= 4 is 41.3 Å². The summed E-state index contributed by atoms with van der Waals surface area (Å²) in [7, 11) is 0. The Morgan fingerprint density at radius 2 is 1.59 bits per heavy atom. The smallest absolute Gasteiger partial charge is 0.326 e. The fourth-order valence-electron chi connectivity index (χ4n) is 3.43. The summed E-state index contributed by atoms with van der Waals surface area (Å²) in [5.41, 5.74) is 8.69. The number of rotatable bonds is 10. The molecule has 2 aromatic carbocycles. The molecule has 1 aromatic heterocycles. The van der Waals surface area contributed by atoms with Crippen molar-refractivity contribution in [1.82, 2.24) is 15.6 Å². The Kier molecular flexibility index (Phi) is 7.91. The molecular formula is C23H26N4O4S. The van der Waals surface area contributed by atoms with Gasteiger partial charge in [0.05, 0.1) is 6.04 Å². The number of hydrogen-bond acceptors (Lipinski definition) is 5. The molecule has 0 saturated heterocycles. The Labute approximate surface area is 191 Å². The van der Waals surface area contributed by atoms with Gasteiger partial charge in [0.25, 0.3) is 0 Å². The quantitative estimate of drug-likeness (QED) is 0.256. The number of benzene rings is 2. The number of aromatic amines is 1. The van der Waals surface area contributed by atoms with Gasteiger partial charge >= 0.3 is 5.97 Å². The third-order valence-electron chi connectivity index (χ3n) is 5.16. The summed E-state index contributed by atoms with van der Waals surface area (Å²) in [6, 6.07) is 13.6. The third kappa shape index (κ3) is 5.89. The SMILES string of the molecule is N[C@@H](Cc1c[nH]c2ccccc12)C(=O)N[C@@H](CS)C(=O)N[C@@H](Cc1ccccc1)C(=O)O. The molecule has 0 radical (unpaired) electrons. The Morgan fingerprint density at radius 3 is 2.28 bits per heavy atom. The van der Waals surface area contributed by atoms with E-state index >= 15 is 0 Å². The molecule has 0 spiro atoms. The van der Waals surface area contributed by atoms with Gasteiger partial charge in [0.2, 0.25) is 11.8 Å². The molecule has 0 fully saturated rings. The molecule has 9 heteroatoms. The van der Waals surface area contributed by atoms with Crippen LogP contribution < -0.4 is 16.4 Å². The maximum Gasteiger partial charge on any atom is 0.326 e. The lowest BCUT2D eigenvalue weighted by molar-refractivity contribution is -0.142. The van der Waals surface area contributed by atoms with Crippen LogP contribution in [0.3, 0.4) is 0 Å². The second-order valence-electron chi connectivity index (χ2n) is 7.50. The highest BCUT2D eigenvalue weighted by Crippen LogP contribution is 2.18. The van der Waals surface area contributed by atoms with Crippen LogP contribution in [0.15, 0.2) is 60.8 Å². The number of aliphatic carboxylic acids is 1. The fraction of sp³-hybridized carbons (Fsp3) is 0.261. The average molecular weight is 455 g/mol. The van der Waals surface area contributed by atoms with Crippen molar-refractivity contribution in [2.24, 2.45) is 5.73 Å². The van der Waals surface area contributed by atoms with Crippen LogP contribution in [0.5, 0.6) is 0 Å². The molecular weight excluding hydrogens is 428 g/mol. The number of aromatic nitrogens is 1. The van der Waals surface area contributed by atoms with Crippen molar-refractivity contribution in [3.63, 3.8) is 0 Å². The van der Waals surface area contributed by atoms with E-state index in [-0.39, 0.29) is 18.6 Å². The van der Waals surface area contributed by atoms with Crippen molar-refractivity contribution in [3.05, 3.63) is 71.9 Å². The summed E-state index contributed by atoms with van der Waals surface area (Å²) < 4.78 is 0. The summed E-state index contributed by atoms with van der Waals surface area (Å²) in [5.74, 6) is -2.31. The summed E-state index contributed by atoms with van der Waals surface area (Å²) in [5, 5.41) is 15.5. The van der Waals surface area contributed by atoms with Crippen LogP contribution >= 0.6 is 12.6 Å². The van der Waals surface area contributed by atoms with E-state index < -0.39 is 35.9 Å². The lowest BCUT2D eigenvalue weighted by Crippen LogP contribution is -2.55. The first-order valence-electron chi connectivity index (χ1n) is 10.2. The first-order valence-corrected chi connectivity index (χ1v) is 10.8. The number of nitrogens with two attached hydrogens (primary N) is 1. The molecule has 32 heavy (non-hydrogen) atoms. The van der Waals surface area contributed by atoms with Gasteiger partial charge in [-0.15, -0.1) is 0 Å². The Bertz CT molecular complexity index is 1090. The van der Waals surface area contributed by atoms with Gasteiger partial charge < -0.3 is 26.5 Å². The molecule has 0 aliphatic heterocycles. The molecule has 168 valence electrons. The molecule has 3 aromatic rings. The Morgan fingerprint density at radius 1 is 0.938 bits per heavy atom. The molecule has 2 amide bonds. The maximum absolute atomic E-state index is 12.6. The molecule has 8 nitrogen and oxygen atoms in total. The predicted octanol–water partition coefficient (Wildman–Crippen LogP) is 1.26. The first-order chi connectivity index (χ1) is 15.4. The molecule has 0 saturated carbocycles. The van der Waals surface area contributed by atoms with Crippen LogP contribution in [0.4, 0.5) is 0 Å². The number of hydrogen-bond donors (Lipinski definition) is 6. The van der Waals surface area contributed by atoms with Gasteiger partial charge in [-0.1, -0.05) is 48.5 Å². The molecule has 3 rings (SSSR count). The summed E-state index contributed by atoms with van der Waals surface area (Å²) in [4.78, 5) is 40.0. The van der Waals surface area contributed by atoms with Gasteiger partial charge in [0, 0.05) is 29.3 Å². The van der Waals surface area contributed by atoms with E-state index in [2.05, 4.69) is 28.2 Å². The van der Waals surface area contributed by atoms with Gasteiger partial charge in [0.1, 0.15) is 12.1 Å². The van der Waals surface area contributed by atoms with Crippen LogP contribution in [0.25, 0.3) is 10.9 Å². The van der Waals surface area contributed by atoms with Gasteiger partial charge in [-0.3, -0.25) is 9.59 Å². The monoisotopic (exact) mass is 454 g/mol. The Balaban J connectivity index is 1.60. The van der Waals surface area contributed by atoms with Crippen LogP contribution in [0.1, 0.15) is 11.1 Å². The number of nitrogens with one attached hydrogen (secondary N) is 3. The number of carboxylic acids is 1. The standard InChI is InChI=1S/C23H26N4O4S/c24-17(11-15-12-25-18-9-5-4-8-16(15)18)21(28)27-20(13-32)22(29)26-19(23(30)31)10-14-6-2-1-3-7-14/h1-9,12,17,19-20,25,32H,10-11,13,24H2,(H,26,29)(H,27,28)(H,30,31)/t17-,19-,20-/m0/s1. The lowest BCUT2D eigenvalue weighted by Gasteiger charge is -2.22. The van der Waals surface area contributed by atoms with Crippen molar-refractivity contribution in [2.75, 3.05) is 5.75 Å². The minimum Gasteiger partial charge on any atom is -0.480 e. The number of carboxylic acid groups (broad SMARTS) is 1. The van der Waals surface area contributed by atoms with Crippen LogP contribution in [0.2, 0.25) is 0 Å². The number of para-hydroxylation sites is 1. The third-order valence-corrected chi connectivity index (χ3v) is 5.53. The molecule has 3 atom stereocenters. The highest BCUT2D eigenvalue weighted by Gasteiger charge is 2.27. The lowest BCUT2D eigenvalue weighted by atomic mass is 10.0. The Hall–Kier alpha value is -3.30. The average Bonchev–Trinajstić information content (AvgIpc) is 3.20. The zero-order valence-corrected chi connectivity index (χ0v) is 18.2. The highest BCUT2D eigenvalue weighted by molar-refractivity contribution is 7.80. The van der Waals surface area contributed by atoms with Crippen LogP contribution in [-0.2, 0) is 27.2 Å². The molecule has 0 aliphatic carbocycles. The van der Waals surface area contributed by atoms with Crippen LogP contribution in [-0.4, -0.2) is 51.8 Å². The van der Waals surface area contributed by atoms with E-state index in [9.17, 15) is 19.5 Å². The van der Waals surface area contributed by atoms with Crippen molar-refractivity contribution in [2.45, 2.75) is 31.0 Å². The zero-order valence-electron chi connectivity index (χ0n) is 17.3. The van der Waals surface area contributed by atoms with Gasteiger partial charge in [0.15, 0.2) is 0 Å². The summed E-state index contributed by atoms with van der Waals surface area (Å²) in [6.07, 6.45) is 2.21. The van der Waals surface area contributed by atoms with E-state index in [0.717, 1.165) is 22.0 Å². The van der Waals surface area contributed by atoms with Crippen molar-refractivity contribution < 1.29 is 19.5 Å². The maximum atomic E-state index is 12.6. The van der Waals surface area contributed by atoms with E-state index in [1.165, 1.54) is 0 Å². The highest BCUT2D eigenvalue weighted by atomic mass is 32.1. The minimum atomic E-state index is -1.16. The fourth-order valence-corrected chi connectivity index (χ4v) is 3.68. The number of H-pyrrole nitrogens is 1. The molecule has 1 heterocycles. The number of thiol groups is 1. The normalized spacial score (nSPS) is 13.8. The van der Waals surface area contributed by atoms with Gasteiger partial charge in [-0.05, 0) is 23.6 Å². The molecule has 0 aliphatic rings. The number of carbonyl (C=O) groups is 3. The van der Waals surface area contributed by atoms with Gasteiger partial charge in [-0.2, -0.15) is 12.6 Å². The number of carbonyl (C=O) groups excluding carboxylic acids is 2. The second-order valence-corrected chi connectivity index (χ2v) is 7.87. The van der Waals surface area contributed by atoms with Crippen molar-refractivity contribution in [1.29, 1.82) is 0 Å². The first kappa shape index (κ1) is 23.4. The zero-order chi connectivity index (χ0) is 23.1. The van der Waals surface area contributed by atoms with E-state index in [1.807, 2.05) is 36.5 Å². The van der Waals surface area contributed by atoms with E-state index in [1.54, 1.807) is 24.3 Å². The number of fused-ring (bicyclic) bond motifs is 1. The predicted molar refractivity (Wildman–Crippen MR) is 125 cm³/mol. The molecule has 0 bridgehead atoms. The minimum absolute atomic E-state index is 0.00491. The van der Waals surface area contributed by atoms with E-state index in [0.29, 0.717) is 0 Å². The summed E-state index contributed by atoms with van der Waals surface area (Å²) >= 11 is 4.14. The van der Waals surface area contributed by atoms with Crippen molar-refractivity contribution in [3.8, 4) is 0 Å². The molecule has 0 unspecified atom stereocenters. The van der Waals surface area contributed by atoms with E-state index in [4.69, 9.17) is 5.73 Å². The number of amides is 2. The topological polar surface area (TPSA) is 137 Å². The van der Waals surface area contributed by atoms with Gasteiger partial charge in [-0.25, -0.2) is 4.79 Å². The van der Waals surface area contributed by atoms with Crippen LogP contribution in [0, 0.1) is 0 Å². The molecule has 6 N–H and O–H groups in total.